The highest BCUT2D eigenvalue weighted by atomic mass is 32.2. The molecule has 176 valence electrons. The van der Waals surface area contributed by atoms with E-state index in [1.165, 1.54) is 4.57 Å². The first-order valence-corrected chi connectivity index (χ1v) is 11.9. The van der Waals surface area contributed by atoms with Crippen LogP contribution < -0.4 is 9.47 Å². The van der Waals surface area contributed by atoms with Crippen LogP contribution in [0.5, 0.6) is 11.5 Å². The van der Waals surface area contributed by atoms with Crippen molar-refractivity contribution in [2.24, 2.45) is 0 Å². The third kappa shape index (κ3) is 4.71. The molecule has 2 aromatic carbocycles. The van der Waals surface area contributed by atoms with Crippen LogP contribution in [0.1, 0.15) is 22.4 Å². The zero-order valence-electron chi connectivity index (χ0n) is 19.4. The topological polar surface area (TPSA) is 98.5 Å². The lowest BCUT2D eigenvalue weighted by molar-refractivity contribution is 0.140. The second-order valence-electron chi connectivity index (χ2n) is 7.66. The number of hydrogen-bond acceptors (Lipinski definition) is 7. The average Bonchev–Trinajstić information content (AvgIpc) is 3.24. The fraction of sp³-hybridized carbons (Fsp3) is 0.240. The third-order valence-electron chi connectivity index (χ3n) is 5.44. The summed E-state index contributed by atoms with van der Waals surface area (Å²) in [7, 11) is 3.14. The van der Waals surface area contributed by atoms with Crippen LogP contribution in [0, 0.1) is 13.8 Å². The molecule has 34 heavy (non-hydrogen) atoms. The molecule has 2 heterocycles. The van der Waals surface area contributed by atoms with Crippen molar-refractivity contribution < 1.29 is 23.6 Å². The first kappa shape index (κ1) is 23.6. The Morgan fingerprint density at radius 2 is 1.85 bits per heavy atom. The van der Waals surface area contributed by atoms with Crippen molar-refractivity contribution >= 4 is 28.3 Å². The minimum Gasteiger partial charge on any atom is -0.609 e. The van der Waals surface area contributed by atoms with E-state index in [2.05, 4.69) is 9.97 Å². The highest BCUT2D eigenvalue weighted by Gasteiger charge is 2.29. The lowest BCUT2D eigenvalue weighted by atomic mass is 10.1. The maximum Gasteiger partial charge on any atom is 0.424 e. The predicted octanol–water partition coefficient (Wildman–Crippen LogP) is 4.56. The first-order chi connectivity index (χ1) is 16.4. The van der Waals surface area contributed by atoms with E-state index in [0.717, 1.165) is 16.7 Å². The second-order valence-corrected chi connectivity index (χ2v) is 9.01. The zero-order chi connectivity index (χ0) is 24.2. The Bertz CT molecular complexity index is 1320. The van der Waals surface area contributed by atoms with Gasteiger partial charge < -0.3 is 18.8 Å². The number of fused-ring (bicyclic) bond motifs is 1. The molecule has 1 atom stereocenters. The molecule has 4 aromatic rings. The molecule has 2 aromatic heterocycles. The minimum absolute atomic E-state index is 0.0644. The summed E-state index contributed by atoms with van der Waals surface area (Å²) in [6, 6.07) is 14.5. The van der Waals surface area contributed by atoms with Gasteiger partial charge in [0, 0.05) is 34.6 Å². The van der Waals surface area contributed by atoms with Crippen LogP contribution in [-0.4, -0.2) is 39.4 Å². The second kappa shape index (κ2) is 10.1. The summed E-state index contributed by atoms with van der Waals surface area (Å²) in [4.78, 5) is 22.1. The SMILES string of the molecule is COc1ccc2c(c1)nc([S+]([O-])Cc1ncc(C)c(OC)c1C)n2C(=O)OCc1ccccc1. The number of ether oxygens (including phenoxy) is 3. The monoisotopic (exact) mass is 479 g/mol. The molecule has 4 rings (SSSR count). The van der Waals surface area contributed by atoms with Crippen LogP contribution in [0.3, 0.4) is 0 Å². The molecule has 0 amide bonds. The van der Waals surface area contributed by atoms with Crippen molar-refractivity contribution in [3.63, 3.8) is 0 Å². The molecular formula is C25H25N3O5S. The van der Waals surface area contributed by atoms with Crippen molar-refractivity contribution in [1.29, 1.82) is 0 Å². The van der Waals surface area contributed by atoms with Gasteiger partial charge in [-0.05, 0) is 31.5 Å². The molecule has 0 aliphatic carbocycles. The molecule has 0 spiro atoms. The Kier molecular flexibility index (Phi) is 7.04. The normalized spacial score (nSPS) is 11.9. The number of carbonyl (C=O) groups excluding carboxylic acids is 1. The van der Waals surface area contributed by atoms with E-state index in [1.807, 2.05) is 44.2 Å². The molecule has 0 fully saturated rings. The van der Waals surface area contributed by atoms with Crippen molar-refractivity contribution in [3.8, 4) is 11.5 Å². The van der Waals surface area contributed by atoms with Gasteiger partial charge in [0.2, 0.25) is 0 Å². The maximum absolute atomic E-state index is 13.5. The number of carbonyl (C=O) groups is 1. The van der Waals surface area contributed by atoms with Crippen LogP contribution in [0.4, 0.5) is 4.79 Å². The van der Waals surface area contributed by atoms with Crippen LogP contribution >= 0.6 is 0 Å². The van der Waals surface area contributed by atoms with Gasteiger partial charge in [0.1, 0.15) is 18.1 Å². The summed E-state index contributed by atoms with van der Waals surface area (Å²) in [5.74, 6) is 1.34. The number of imidazole rings is 1. The third-order valence-corrected chi connectivity index (χ3v) is 6.66. The van der Waals surface area contributed by atoms with Gasteiger partial charge in [0.15, 0.2) is 5.75 Å². The lowest BCUT2D eigenvalue weighted by Gasteiger charge is -2.15. The number of rotatable bonds is 7. The Morgan fingerprint density at radius 1 is 1.09 bits per heavy atom. The summed E-state index contributed by atoms with van der Waals surface area (Å²) in [6.07, 6.45) is 1.02. The lowest BCUT2D eigenvalue weighted by Crippen LogP contribution is -2.21. The highest BCUT2D eigenvalue weighted by molar-refractivity contribution is 7.90. The minimum atomic E-state index is -1.69. The van der Waals surface area contributed by atoms with Gasteiger partial charge in [0.05, 0.1) is 30.9 Å². The summed E-state index contributed by atoms with van der Waals surface area (Å²) in [5, 5.41) is 0.0852. The Labute approximate surface area is 200 Å². The number of methoxy groups -OCH3 is 2. The van der Waals surface area contributed by atoms with Gasteiger partial charge in [0.25, 0.3) is 0 Å². The van der Waals surface area contributed by atoms with Crippen molar-refractivity contribution in [3.05, 3.63) is 77.1 Å². The number of benzene rings is 2. The van der Waals surface area contributed by atoms with Crippen LogP contribution in [-0.2, 0) is 28.3 Å². The largest absolute Gasteiger partial charge is 0.609 e. The summed E-state index contributed by atoms with van der Waals surface area (Å²) >= 11 is -1.69. The van der Waals surface area contributed by atoms with Crippen LogP contribution in [0.25, 0.3) is 11.0 Å². The predicted molar refractivity (Wildman–Crippen MR) is 129 cm³/mol. The number of nitrogens with zero attached hydrogens (tertiary/aromatic N) is 3. The molecule has 9 heteroatoms. The van der Waals surface area contributed by atoms with Gasteiger partial charge >= 0.3 is 11.2 Å². The molecule has 0 saturated carbocycles. The van der Waals surface area contributed by atoms with E-state index in [0.29, 0.717) is 28.2 Å². The number of aryl methyl sites for hydroxylation is 1. The molecule has 0 saturated heterocycles. The van der Waals surface area contributed by atoms with E-state index in [-0.39, 0.29) is 17.5 Å². The quantitative estimate of drug-likeness (QED) is 0.358. The molecule has 1 unspecified atom stereocenters. The van der Waals surface area contributed by atoms with Crippen LogP contribution in [0.15, 0.2) is 59.9 Å². The van der Waals surface area contributed by atoms with E-state index >= 15 is 0 Å². The van der Waals surface area contributed by atoms with E-state index in [4.69, 9.17) is 14.2 Å². The Balaban J connectivity index is 1.70. The van der Waals surface area contributed by atoms with Gasteiger partial charge in [-0.3, -0.25) is 4.98 Å². The first-order valence-electron chi connectivity index (χ1n) is 10.6. The van der Waals surface area contributed by atoms with Crippen molar-refractivity contribution in [1.82, 2.24) is 14.5 Å². The van der Waals surface area contributed by atoms with E-state index in [1.54, 1.807) is 38.6 Å². The Hall–Kier alpha value is -3.56. The van der Waals surface area contributed by atoms with Crippen LogP contribution in [0.2, 0.25) is 0 Å². The molecule has 0 bridgehead atoms. The summed E-state index contributed by atoms with van der Waals surface area (Å²) in [5.41, 5.74) is 4.09. The average molecular weight is 480 g/mol. The molecule has 0 aliphatic rings. The van der Waals surface area contributed by atoms with Gasteiger partial charge in [-0.1, -0.05) is 30.3 Å². The number of hydrogen-bond donors (Lipinski definition) is 0. The van der Waals surface area contributed by atoms with Gasteiger partial charge in [-0.15, -0.1) is 0 Å². The summed E-state index contributed by atoms with van der Waals surface area (Å²) in [6.45, 7) is 3.85. The highest BCUT2D eigenvalue weighted by Crippen LogP contribution is 2.29. The zero-order valence-corrected chi connectivity index (χ0v) is 20.2. The molecule has 8 nitrogen and oxygen atoms in total. The standard InChI is InChI=1S/C25H25N3O5S/c1-16-13-26-21(17(2)23(16)32-4)15-34(30)24-27-20-12-19(31-3)10-11-22(20)28(24)25(29)33-14-18-8-6-5-7-9-18/h5-13H,14-15H2,1-4H3. The molecular weight excluding hydrogens is 454 g/mol. The maximum atomic E-state index is 13.5. The van der Waals surface area contributed by atoms with E-state index in [9.17, 15) is 9.35 Å². The summed E-state index contributed by atoms with van der Waals surface area (Å²) < 4.78 is 31.0. The Morgan fingerprint density at radius 3 is 2.56 bits per heavy atom. The fourth-order valence-corrected chi connectivity index (χ4v) is 4.93. The van der Waals surface area contributed by atoms with E-state index < -0.39 is 17.3 Å². The van der Waals surface area contributed by atoms with Crippen molar-refractivity contribution in [2.45, 2.75) is 31.4 Å². The van der Waals surface area contributed by atoms with Gasteiger partial charge in [-0.25, -0.2) is 4.79 Å². The fourth-order valence-electron chi connectivity index (χ4n) is 3.68. The molecule has 0 N–H and O–H groups in total. The smallest absolute Gasteiger partial charge is 0.424 e. The molecule has 0 radical (unpaired) electrons. The van der Waals surface area contributed by atoms with Gasteiger partial charge in [-0.2, -0.15) is 9.55 Å². The van der Waals surface area contributed by atoms with Crippen molar-refractivity contribution in [2.75, 3.05) is 14.2 Å². The molecule has 0 aliphatic heterocycles. The number of aromatic nitrogens is 3. The number of pyridine rings is 1.